The number of alkyl halides is 1. The van der Waals surface area contributed by atoms with Crippen LogP contribution in [0.5, 0.6) is 0 Å². The van der Waals surface area contributed by atoms with E-state index in [0.29, 0.717) is 18.0 Å². The van der Waals surface area contributed by atoms with Crippen molar-refractivity contribution >= 4 is 27.3 Å². The molecule has 1 aliphatic rings. The summed E-state index contributed by atoms with van der Waals surface area (Å²) in [5.74, 6) is 0.430. The van der Waals surface area contributed by atoms with Gasteiger partial charge in [-0.05, 0) is 23.6 Å². The van der Waals surface area contributed by atoms with E-state index in [4.69, 9.17) is 16.4 Å². The number of nitrogens with zero attached hydrogens (tertiary/aromatic N) is 1. The number of rotatable bonds is 2. The van der Waals surface area contributed by atoms with Crippen LogP contribution in [0.25, 0.3) is 0 Å². The van der Waals surface area contributed by atoms with Crippen LogP contribution in [0.15, 0.2) is 18.2 Å². The van der Waals surface area contributed by atoms with Gasteiger partial charge in [-0.25, -0.2) is 8.42 Å². The van der Waals surface area contributed by atoms with Gasteiger partial charge in [0.05, 0.1) is 18.6 Å². The monoisotopic (exact) mass is 261 g/mol. The third-order valence-corrected chi connectivity index (χ3v) is 4.43. The maximum atomic E-state index is 11.7. The van der Waals surface area contributed by atoms with Crippen LogP contribution < -0.4 is 4.47 Å². The van der Waals surface area contributed by atoms with Crippen LogP contribution in [0.2, 0.25) is 0 Å². The maximum absolute atomic E-state index is 11.7. The number of sulfonamides is 1. The molecule has 1 aromatic carbocycles. The highest BCUT2D eigenvalue weighted by Gasteiger charge is 2.30. The van der Waals surface area contributed by atoms with Gasteiger partial charge in [-0.1, -0.05) is 12.1 Å². The molecule has 0 bridgehead atoms. The summed E-state index contributed by atoms with van der Waals surface area (Å²) in [6.07, 6.45) is 0.514. The van der Waals surface area contributed by atoms with Crippen LogP contribution in [0.1, 0.15) is 11.1 Å². The van der Waals surface area contributed by atoms with Gasteiger partial charge in [0.1, 0.15) is 0 Å². The second kappa shape index (κ2) is 4.24. The first-order chi connectivity index (χ1) is 7.58. The van der Waals surface area contributed by atoms with Crippen molar-refractivity contribution in [2.24, 2.45) is 0 Å². The first-order valence-electron chi connectivity index (χ1n) is 4.83. The van der Waals surface area contributed by atoms with Crippen LogP contribution >= 0.6 is 11.6 Å². The van der Waals surface area contributed by atoms with Gasteiger partial charge in [-0.15, -0.1) is 16.1 Å². The van der Waals surface area contributed by atoms with E-state index in [2.05, 4.69) is 0 Å². The molecule has 0 spiro atoms. The van der Waals surface area contributed by atoms with Crippen molar-refractivity contribution in [2.45, 2.75) is 12.3 Å². The van der Waals surface area contributed by atoms with Gasteiger partial charge in [0, 0.05) is 5.88 Å². The van der Waals surface area contributed by atoms with Crippen molar-refractivity contribution in [3.05, 3.63) is 29.3 Å². The van der Waals surface area contributed by atoms with Crippen molar-refractivity contribution in [2.75, 3.05) is 17.3 Å². The van der Waals surface area contributed by atoms with Crippen molar-refractivity contribution in [1.82, 2.24) is 0 Å². The van der Waals surface area contributed by atoms with Crippen LogP contribution in [-0.2, 0) is 27.2 Å². The fourth-order valence-corrected chi connectivity index (χ4v) is 3.26. The minimum absolute atomic E-state index is 0.0774. The Labute approximate surface area is 99.8 Å². The Balaban J connectivity index is 2.55. The molecule has 4 nitrogen and oxygen atoms in total. The fraction of sp³-hybridized carbons (Fsp3) is 0.400. The van der Waals surface area contributed by atoms with E-state index < -0.39 is 10.0 Å². The molecule has 0 saturated carbocycles. The molecule has 0 unspecified atom stereocenters. The largest absolute Gasteiger partial charge is 0.262 e. The van der Waals surface area contributed by atoms with Crippen LogP contribution in [0, 0.1) is 0 Å². The molecule has 0 amide bonds. The lowest BCUT2D eigenvalue weighted by molar-refractivity contribution is 0.214. The second-order valence-electron chi connectivity index (χ2n) is 3.57. The Bertz CT molecular complexity index is 501. The molecular formula is C10H12ClNO3S. The molecule has 1 aliphatic heterocycles. The number of benzene rings is 1. The second-order valence-corrected chi connectivity index (χ2v) is 5.74. The molecule has 16 heavy (non-hydrogen) atoms. The Kier molecular flexibility index (Phi) is 3.10. The van der Waals surface area contributed by atoms with E-state index in [1.54, 1.807) is 6.07 Å². The predicted octanol–water partition coefficient (Wildman–Crippen LogP) is 1.68. The summed E-state index contributed by atoms with van der Waals surface area (Å²) in [5, 5.41) is 0. The zero-order valence-electron chi connectivity index (χ0n) is 8.81. The molecule has 0 atom stereocenters. The summed E-state index contributed by atoms with van der Waals surface area (Å²) in [5.41, 5.74) is 2.41. The molecule has 1 heterocycles. The lowest BCUT2D eigenvalue weighted by Crippen LogP contribution is -2.36. The normalized spacial score (nSPS) is 18.2. The molecule has 1 aromatic rings. The van der Waals surface area contributed by atoms with Crippen LogP contribution in [0.3, 0.4) is 0 Å². The van der Waals surface area contributed by atoms with E-state index in [-0.39, 0.29) is 5.75 Å². The third-order valence-electron chi connectivity index (χ3n) is 2.55. The number of aryl methyl sites for hydroxylation is 1. The average Bonchev–Trinajstić information content (AvgIpc) is 2.27. The fourth-order valence-electron chi connectivity index (χ4n) is 1.76. The highest BCUT2D eigenvalue weighted by molar-refractivity contribution is 7.92. The molecule has 0 N–H and O–H groups in total. The zero-order valence-corrected chi connectivity index (χ0v) is 10.4. The van der Waals surface area contributed by atoms with Crippen molar-refractivity contribution in [3.8, 4) is 0 Å². The Morgan fingerprint density at radius 2 is 2.25 bits per heavy atom. The van der Waals surface area contributed by atoms with Gasteiger partial charge in [0.15, 0.2) is 0 Å². The van der Waals surface area contributed by atoms with Gasteiger partial charge >= 0.3 is 0 Å². The van der Waals surface area contributed by atoms with Crippen molar-refractivity contribution in [1.29, 1.82) is 0 Å². The number of halogens is 1. The standard InChI is InChI=1S/C10H12ClNO3S/c1-15-12-10-6-8(7-11)2-3-9(10)4-5-16(12,13)14/h2-3,6H,4-5,7H2,1H3. The molecule has 88 valence electrons. The summed E-state index contributed by atoms with van der Waals surface area (Å²) < 4.78 is 24.5. The minimum atomic E-state index is -3.34. The van der Waals surface area contributed by atoms with Gasteiger partial charge in [-0.3, -0.25) is 4.84 Å². The Hall–Kier alpha value is -0.780. The molecular weight excluding hydrogens is 250 g/mol. The highest BCUT2D eigenvalue weighted by atomic mass is 35.5. The number of hydrogen-bond donors (Lipinski definition) is 0. The number of fused-ring (bicyclic) bond motifs is 1. The molecule has 2 rings (SSSR count). The van der Waals surface area contributed by atoms with Crippen molar-refractivity contribution in [3.63, 3.8) is 0 Å². The third kappa shape index (κ3) is 1.90. The number of hydrogen-bond acceptors (Lipinski definition) is 3. The molecule has 0 aliphatic carbocycles. The summed E-state index contributed by atoms with van der Waals surface area (Å²) in [4.78, 5) is 4.93. The first-order valence-corrected chi connectivity index (χ1v) is 6.98. The van der Waals surface area contributed by atoms with E-state index >= 15 is 0 Å². The maximum Gasteiger partial charge on any atom is 0.257 e. The SMILES string of the molecule is CON1c2cc(CCl)ccc2CCS1(=O)=O. The van der Waals surface area contributed by atoms with E-state index in [9.17, 15) is 8.42 Å². The summed E-state index contributed by atoms with van der Waals surface area (Å²) in [6.45, 7) is 0. The van der Waals surface area contributed by atoms with E-state index in [1.165, 1.54) is 7.11 Å². The quantitative estimate of drug-likeness (QED) is 0.761. The lowest BCUT2D eigenvalue weighted by Gasteiger charge is -2.28. The van der Waals surface area contributed by atoms with Gasteiger partial charge in [0.25, 0.3) is 10.0 Å². The first kappa shape index (κ1) is 11.7. The van der Waals surface area contributed by atoms with Crippen molar-refractivity contribution < 1.29 is 13.3 Å². The van der Waals surface area contributed by atoms with Gasteiger partial charge in [0.2, 0.25) is 0 Å². The van der Waals surface area contributed by atoms with Crippen LogP contribution in [0.4, 0.5) is 5.69 Å². The summed E-state index contributed by atoms with van der Waals surface area (Å²) >= 11 is 5.72. The average molecular weight is 262 g/mol. The summed E-state index contributed by atoms with van der Waals surface area (Å²) in [7, 11) is -2.00. The molecule has 0 saturated heterocycles. The smallest absolute Gasteiger partial charge is 0.257 e. The van der Waals surface area contributed by atoms with E-state index in [0.717, 1.165) is 15.6 Å². The van der Waals surface area contributed by atoms with Gasteiger partial charge in [-0.2, -0.15) is 0 Å². The Morgan fingerprint density at radius 1 is 1.50 bits per heavy atom. The number of anilines is 1. The lowest BCUT2D eigenvalue weighted by atomic mass is 10.1. The molecule has 0 radical (unpaired) electrons. The predicted molar refractivity (Wildman–Crippen MR) is 63.0 cm³/mol. The minimum Gasteiger partial charge on any atom is -0.262 e. The van der Waals surface area contributed by atoms with Crippen LogP contribution in [-0.4, -0.2) is 21.3 Å². The van der Waals surface area contributed by atoms with E-state index in [1.807, 2.05) is 12.1 Å². The molecule has 0 aromatic heterocycles. The molecule has 0 fully saturated rings. The summed E-state index contributed by atoms with van der Waals surface area (Å²) in [6, 6.07) is 5.55. The molecule has 6 heteroatoms. The topological polar surface area (TPSA) is 46.6 Å². The van der Waals surface area contributed by atoms with Gasteiger partial charge < -0.3 is 0 Å². The zero-order chi connectivity index (χ0) is 11.8. The Morgan fingerprint density at radius 3 is 2.88 bits per heavy atom. The highest BCUT2D eigenvalue weighted by Crippen LogP contribution is 2.30.